The Hall–Kier alpha value is -1.12. The molecule has 0 N–H and O–H groups in total. The second-order valence-electron chi connectivity index (χ2n) is 8.46. The first-order valence-corrected chi connectivity index (χ1v) is 12.1. The Morgan fingerprint density at radius 1 is 0.786 bits per heavy atom. The summed E-state index contributed by atoms with van der Waals surface area (Å²) >= 11 is 0. The lowest BCUT2D eigenvalue weighted by atomic mass is 9.98. The third-order valence-corrected chi connectivity index (χ3v) is 5.76. The Morgan fingerprint density at radius 3 is 2.00 bits per heavy atom. The van der Waals surface area contributed by atoms with Crippen molar-refractivity contribution in [3.05, 3.63) is 12.2 Å². The molecule has 1 rings (SSSR count). The fourth-order valence-corrected chi connectivity index (χ4v) is 3.88. The number of carbonyl (C=O) groups excluding carboxylic acids is 2. The maximum Gasteiger partial charge on any atom is 0.320 e. The van der Waals surface area contributed by atoms with Gasteiger partial charge in [-0.25, -0.2) is 0 Å². The molecule has 0 aliphatic carbocycles. The van der Waals surface area contributed by atoms with E-state index < -0.39 is 0 Å². The molecule has 0 amide bonds. The standard InChI is InChI=1S/C25H44O3/c1-2-3-4-5-6-7-8-9-10-11-12-13-14-17-20-23-21-18-15-16-19-22-24(26)28-25(23)27/h17,20,23H,2-16,18-19,21-22H2,1H3/b20-17-. The van der Waals surface area contributed by atoms with Crippen molar-refractivity contribution in [2.45, 2.75) is 129 Å². The number of ether oxygens (including phenoxy) is 1. The summed E-state index contributed by atoms with van der Waals surface area (Å²) < 4.78 is 4.98. The SMILES string of the molecule is CCCCCCCCCCCCCC/C=C\C1CCCCCCC(=O)OC1=O. The van der Waals surface area contributed by atoms with E-state index in [1.54, 1.807) is 0 Å². The van der Waals surface area contributed by atoms with E-state index in [-0.39, 0.29) is 17.9 Å². The van der Waals surface area contributed by atoms with Crippen LogP contribution in [0.3, 0.4) is 0 Å². The van der Waals surface area contributed by atoms with Crippen LogP contribution in [0.4, 0.5) is 0 Å². The summed E-state index contributed by atoms with van der Waals surface area (Å²) in [6, 6.07) is 0. The predicted octanol–water partition coefficient (Wildman–Crippen LogP) is 7.67. The molecule has 0 aromatic carbocycles. The number of carbonyl (C=O) groups is 2. The second-order valence-corrected chi connectivity index (χ2v) is 8.46. The van der Waals surface area contributed by atoms with E-state index in [2.05, 4.69) is 13.0 Å². The van der Waals surface area contributed by atoms with Crippen LogP contribution in [0.15, 0.2) is 12.2 Å². The molecule has 3 nitrogen and oxygen atoms in total. The number of rotatable bonds is 14. The fourth-order valence-electron chi connectivity index (χ4n) is 3.88. The summed E-state index contributed by atoms with van der Waals surface area (Å²) in [6.07, 6.45) is 26.7. The number of cyclic esters (lactones) is 2. The minimum absolute atomic E-state index is 0.237. The summed E-state index contributed by atoms with van der Waals surface area (Å²) in [5.41, 5.74) is 0. The molecular weight excluding hydrogens is 348 g/mol. The van der Waals surface area contributed by atoms with E-state index in [0.29, 0.717) is 6.42 Å². The average molecular weight is 393 g/mol. The summed E-state index contributed by atoms with van der Waals surface area (Å²) in [4.78, 5) is 23.7. The van der Waals surface area contributed by atoms with E-state index in [4.69, 9.17) is 4.74 Å². The molecule has 1 heterocycles. The number of hydrogen-bond acceptors (Lipinski definition) is 3. The largest absolute Gasteiger partial charge is 0.393 e. The van der Waals surface area contributed by atoms with Gasteiger partial charge in [-0.15, -0.1) is 0 Å². The van der Waals surface area contributed by atoms with Gasteiger partial charge in [-0.2, -0.15) is 0 Å². The molecule has 0 radical (unpaired) electrons. The Morgan fingerprint density at radius 2 is 1.36 bits per heavy atom. The molecule has 0 spiro atoms. The summed E-state index contributed by atoms with van der Waals surface area (Å²) in [5, 5.41) is 0. The quantitative estimate of drug-likeness (QED) is 0.132. The van der Waals surface area contributed by atoms with Crippen molar-refractivity contribution in [3.8, 4) is 0 Å². The zero-order chi connectivity index (χ0) is 20.3. The van der Waals surface area contributed by atoms with E-state index >= 15 is 0 Å². The normalized spacial score (nSPS) is 19.1. The van der Waals surface area contributed by atoms with Crippen LogP contribution >= 0.6 is 0 Å². The van der Waals surface area contributed by atoms with Gasteiger partial charge in [0, 0.05) is 6.42 Å². The highest BCUT2D eigenvalue weighted by molar-refractivity contribution is 5.87. The van der Waals surface area contributed by atoms with E-state index in [0.717, 1.165) is 38.5 Å². The van der Waals surface area contributed by atoms with Crippen molar-refractivity contribution in [1.82, 2.24) is 0 Å². The van der Waals surface area contributed by atoms with E-state index in [1.807, 2.05) is 6.08 Å². The highest BCUT2D eigenvalue weighted by atomic mass is 16.6. The van der Waals surface area contributed by atoms with Crippen LogP contribution in [-0.2, 0) is 14.3 Å². The third kappa shape index (κ3) is 14.0. The van der Waals surface area contributed by atoms with Gasteiger partial charge < -0.3 is 4.74 Å². The van der Waals surface area contributed by atoms with Gasteiger partial charge in [0.25, 0.3) is 0 Å². The van der Waals surface area contributed by atoms with Gasteiger partial charge in [0.1, 0.15) is 0 Å². The molecule has 1 unspecified atom stereocenters. The van der Waals surface area contributed by atoms with Crippen molar-refractivity contribution < 1.29 is 14.3 Å². The first kappa shape index (κ1) is 24.9. The van der Waals surface area contributed by atoms with E-state index in [1.165, 1.54) is 77.0 Å². The summed E-state index contributed by atoms with van der Waals surface area (Å²) in [6.45, 7) is 2.27. The average Bonchev–Trinajstić information content (AvgIpc) is 2.68. The molecule has 0 aromatic rings. The molecule has 1 fully saturated rings. The van der Waals surface area contributed by atoms with Crippen molar-refractivity contribution in [3.63, 3.8) is 0 Å². The Balaban J connectivity index is 2.02. The molecule has 0 saturated carbocycles. The fraction of sp³-hybridized carbons (Fsp3) is 0.840. The second kappa shape index (κ2) is 17.9. The van der Waals surface area contributed by atoms with Gasteiger partial charge in [-0.05, 0) is 25.7 Å². The first-order valence-electron chi connectivity index (χ1n) is 12.1. The van der Waals surface area contributed by atoms with Crippen molar-refractivity contribution in [2.24, 2.45) is 5.92 Å². The molecule has 1 saturated heterocycles. The van der Waals surface area contributed by atoms with Crippen molar-refractivity contribution in [1.29, 1.82) is 0 Å². The highest BCUT2D eigenvalue weighted by Gasteiger charge is 2.20. The first-order chi connectivity index (χ1) is 13.7. The Labute approximate surface area is 173 Å². The van der Waals surface area contributed by atoms with Crippen molar-refractivity contribution in [2.75, 3.05) is 0 Å². The van der Waals surface area contributed by atoms with Crippen LogP contribution in [0.1, 0.15) is 129 Å². The number of unbranched alkanes of at least 4 members (excludes halogenated alkanes) is 12. The maximum atomic E-state index is 12.1. The van der Waals surface area contributed by atoms with Crippen LogP contribution < -0.4 is 0 Å². The monoisotopic (exact) mass is 392 g/mol. The van der Waals surface area contributed by atoms with Gasteiger partial charge in [-0.1, -0.05) is 109 Å². The van der Waals surface area contributed by atoms with Gasteiger partial charge in [0.15, 0.2) is 0 Å². The number of esters is 2. The Bertz CT molecular complexity index is 428. The molecule has 1 aliphatic rings. The molecule has 3 heteroatoms. The highest BCUT2D eigenvalue weighted by Crippen LogP contribution is 2.18. The van der Waals surface area contributed by atoms with Crippen LogP contribution in [0.2, 0.25) is 0 Å². The van der Waals surface area contributed by atoms with Gasteiger partial charge in [0.05, 0.1) is 5.92 Å². The number of hydrogen-bond donors (Lipinski definition) is 0. The molecular formula is C25H44O3. The number of allylic oxidation sites excluding steroid dienone is 1. The van der Waals surface area contributed by atoms with Gasteiger partial charge in [-0.3, -0.25) is 9.59 Å². The van der Waals surface area contributed by atoms with Crippen LogP contribution in [0, 0.1) is 5.92 Å². The van der Waals surface area contributed by atoms with Crippen LogP contribution in [0.25, 0.3) is 0 Å². The molecule has 0 bridgehead atoms. The molecule has 1 aliphatic heterocycles. The summed E-state index contributed by atoms with van der Waals surface area (Å²) in [5.74, 6) is -0.941. The van der Waals surface area contributed by atoms with E-state index in [9.17, 15) is 9.59 Å². The molecule has 162 valence electrons. The van der Waals surface area contributed by atoms with Gasteiger partial charge >= 0.3 is 11.9 Å². The Kier molecular flexibility index (Phi) is 16.0. The third-order valence-electron chi connectivity index (χ3n) is 5.76. The molecule has 1 atom stereocenters. The zero-order valence-corrected chi connectivity index (χ0v) is 18.4. The minimum Gasteiger partial charge on any atom is -0.393 e. The molecule has 28 heavy (non-hydrogen) atoms. The maximum absolute atomic E-state index is 12.1. The summed E-state index contributed by atoms with van der Waals surface area (Å²) in [7, 11) is 0. The minimum atomic E-state index is -0.355. The lowest BCUT2D eigenvalue weighted by molar-refractivity contribution is -0.162. The van der Waals surface area contributed by atoms with Crippen molar-refractivity contribution >= 4 is 11.9 Å². The predicted molar refractivity (Wildman–Crippen MR) is 117 cm³/mol. The molecule has 0 aromatic heterocycles. The zero-order valence-electron chi connectivity index (χ0n) is 18.4. The van der Waals surface area contributed by atoms with Crippen LogP contribution in [0.5, 0.6) is 0 Å². The lowest BCUT2D eigenvalue weighted by Crippen LogP contribution is -2.20. The van der Waals surface area contributed by atoms with Crippen LogP contribution in [-0.4, -0.2) is 11.9 Å². The van der Waals surface area contributed by atoms with Gasteiger partial charge in [0.2, 0.25) is 0 Å². The topological polar surface area (TPSA) is 43.4 Å². The smallest absolute Gasteiger partial charge is 0.320 e. The lowest BCUT2D eigenvalue weighted by Gasteiger charge is -2.13.